The Morgan fingerprint density at radius 3 is 2.54 bits per heavy atom. The van der Waals surface area contributed by atoms with Gasteiger partial charge in [0.1, 0.15) is 0 Å². The number of carbonyl (C=O) groups excluding carboxylic acids is 1. The fraction of sp³-hybridized carbons (Fsp3) is 0.421. The van der Waals surface area contributed by atoms with Crippen LogP contribution in [-0.4, -0.2) is 53.7 Å². The van der Waals surface area contributed by atoms with Gasteiger partial charge in [0.15, 0.2) is 0 Å². The third kappa shape index (κ3) is 4.62. The normalized spacial score (nSPS) is 17.0. The Bertz CT molecular complexity index is 622. The highest BCUT2D eigenvalue weighted by Gasteiger charge is 2.24. The minimum atomic E-state index is 0.192. The molecule has 3 nitrogen and oxygen atoms in total. The molecule has 1 aromatic heterocycles. The summed E-state index contributed by atoms with van der Waals surface area (Å²) < 4.78 is 0. The fourth-order valence-electron chi connectivity index (χ4n) is 2.97. The van der Waals surface area contributed by atoms with Gasteiger partial charge in [-0.15, -0.1) is 23.1 Å². The van der Waals surface area contributed by atoms with E-state index in [2.05, 4.69) is 42.2 Å². The molecule has 0 spiro atoms. The summed E-state index contributed by atoms with van der Waals surface area (Å²) >= 11 is 3.46. The topological polar surface area (TPSA) is 23.6 Å². The summed E-state index contributed by atoms with van der Waals surface area (Å²) in [5, 5.41) is 1.97. The van der Waals surface area contributed by atoms with E-state index in [1.807, 2.05) is 34.2 Å². The quantitative estimate of drug-likeness (QED) is 0.725. The number of rotatable bonds is 6. The summed E-state index contributed by atoms with van der Waals surface area (Å²) in [5.74, 6) is 1.33. The second kappa shape index (κ2) is 8.70. The SMILES string of the molecule is C[C@@H](CCSc1ccccc1)N1CCN(C(=O)c2cccs2)CC1. The van der Waals surface area contributed by atoms with Gasteiger partial charge in [-0.25, -0.2) is 0 Å². The molecule has 1 aromatic carbocycles. The van der Waals surface area contributed by atoms with E-state index in [9.17, 15) is 4.79 Å². The highest BCUT2D eigenvalue weighted by atomic mass is 32.2. The summed E-state index contributed by atoms with van der Waals surface area (Å²) in [7, 11) is 0. The van der Waals surface area contributed by atoms with E-state index in [0.29, 0.717) is 6.04 Å². The Morgan fingerprint density at radius 2 is 1.88 bits per heavy atom. The van der Waals surface area contributed by atoms with Gasteiger partial charge in [0.05, 0.1) is 4.88 Å². The number of piperazine rings is 1. The Kier molecular flexibility index (Phi) is 6.35. The highest BCUT2D eigenvalue weighted by Crippen LogP contribution is 2.20. The molecular weight excluding hydrogens is 336 g/mol. The van der Waals surface area contributed by atoms with Crippen LogP contribution >= 0.6 is 23.1 Å². The molecule has 1 aliphatic rings. The monoisotopic (exact) mass is 360 g/mol. The van der Waals surface area contributed by atoms with E-state index in [1.54, 1.807) is 0 Å². The van der Waals surface area contributed by atoms with Gasteiger partial charge in [-0.05, 0) is 42.7 Å². The van der Waals surface area contributed by atoms with Gasteiger partial charge in [-0.3, -0.25) is 9.69 Å². The number of carbonyl (C=O) groups is 1. The van der Waals surface area contributed by atoms with Gasteiger partial charge in [0, 0.05) is 37.1 Å². The number of benzene rings is 1. The average molecular weight is 361 g/mol. The zero-order valence-electron chi connectivity index (χ0n) is 14.1. The number of amides is 1. The van der Waals surface area contributed by atoms with Gasteiger partial charge >= 0.3 is 0 Å². The largest absolute Gasteiger partial charge is 0.335 e. The highest BCUT2D eigenvalue weighted by molar-refractivity contribution is 7.99. The van der Waals surface area contributed by atoms with Gasteiger partial charge in [-0.2, -0.15) is 0 Å². The van der Waals surface area contributed by atoms with Crippen molar-refractivity contribution in [3.8, 4) is 0 Å². The number of nitrogens with zero attached hydrogens (tertiary/aromatic N) is 2. The summed E-state index contributed by atoms with van der Waals surface area (Å²) in [6.45, 7) is 5.95. The molecule has 1 saturated heterocycles. The molecule has 5 heteroatoms. The molecule has 0 unspecified atom stereocenters. The molecular formula is C19H24N2OS2. The Hall–Kier alpha value is -1.30. The predicted molar refractivity (Wildman–Crippen MR) is 103 cm³/mol. The predicted octanol–water partition coefficient (Wildman–Crippen LogP) is 4.08. The Balaban J connectivity index is 1.40. The lowest BCUT2D eigenvalue weighted by molar-refractivity contribution is 0.0585. The van der Waals surface area contributed by atoms with Crippen molar-refractivity contribution in [1.29, 1.82) is 0 Å². The maximum absolute atomic E-state index is 12.4. The molecule has 128 valence electrons. The molecule has 2 aromatic rings. The van der Waals surface area contributed by atoms with Crippen LogP contribution in [0.5, 0.6) is 0 Å². The molecule has 1 atom stereocenters. The summed E-state index contributed by atoms with van der Waals surface area (Å²) in [6, 6.07) is 15.0. The molecule has 1 fully saturated rings. The summed E-state index contributed by atoms with van der Waals surface area (Å²) in [5.41, 5.74) is 0. The van der Waals surface area contributed by atoms with E-state index < -0.39 is 0 Å². The molecule has 24 heavy (non-hydrogen) atoms. The van der Waals surface area contributed by atoms with E-state index in [1.165, 1.54) is 22.7 Å². The van der Waals surface area contributed by atoms with Crippen LogP contribution < -0.4 is 0 Å². The molecule has 0 aliphatic carbocycles. The smallest absolute Gasteiger partial charge is 0.264 e. The zero-order chi connectivity index (χ0) is 16.8. The molecule has 0 saturated carbocycles. The second-order valence-electron chi connectivity index (χ2n) is 6.10. The minimum Gasteiger partial charge on any atom is -0.335 e. The maximum Gasteiger partial charge on any atom is 0.264 e. The van der Waals surface area contributed by atoms with Crippen molar-refractivity contribution >= 4 is 29.0 Å². The van der Waals surface area contributed by atoms with Gasteiger partial charge in [0.25, 0.3) is 5.91 Å². The van der Waals surface area contributed by atoms with Crippen LogP contribution in [0, 0.1) is 0 Å². The van der Waals surface area contributed by atoms with Crippen molar-refractivity contribution in [3.63, 3.8) is 0 Å². The van der Waals surface area contributed by atoms with Crippen LogP contribution in [0.4, 0.5) is 0 Å². The number of thiophene rings is 1. The van der Waals surface area contributed by atoms with Gasteiger partial charge in [0.2, 0.25) is 0 Å². The van der Waals surface area contributed by atoms with E-state index >= 15 is 0 Å². The first-order chi connectivity index (χ1) is 11.7. The molecule has 0 radical (unpaired) electrons. The molecule has 2 heterocycles. The minimum absolute atomic E-state index is 0.192. The molecule has 1 aliphatic heterocycles. The van der Waals surface area contributed by atoms with E-state index in [0.717, 1.165) is 36.8 Å². The Labute approximate surface area is 152 Å². The second-order valence-corrected chi connectivity index (χ2v) is 8.22. The van der Waals surface area contributed by atoms with E-state index in [-0.39, 0.29) is 5.91 Å². The summed E-state index contributed by atoms with van der Waals surface area (Å²) in [4.78, 5) is 19.1. The lowest BCUT2D eigenvalue weighted by Crippen LogP contribution is -2.51. The summed E-state index contributed by atoms with van der Waals surface area (Å²) in [6.07, 6.45) is 1.18. The average Bonchev–Trinajstić information content (AvgIpc) is 3.17. The van der Waals surface area contributed by atoms with E-state index in [4.69, 9.17) is 0 Å². The van der Waals surface area contributed by atoms with Crippen LogP contribution in [0.25, 0.3) is 0 Å². The van der Waals surface area contributed by atoms with Crippen molar-refractivity contribution in [1.82, 2.24) is 9.80 Å². The zero-order valence-corrected chi connectivity index (χ0v) is 15.7. The maximum atomic E-state index is 12.4. The van der Waals surface area contributed by atoms with Crippen LogP contribution in [-0.2, 0) is 0 Å². The lowest BCUT2D eigenvalue weighted by atomic mass is 10.2. The van der Waals surface area contributed by atoms with Gasteiger partial charge in [-0.1, -0.05) is 24.3 Å². The Morgan fingerprint density at radius 1 is 1.12 bits per heavy atom. The van der Waals surface area contributed by atoms with Crippen molar-refractivity contribution < 1.29 is 4.79 Å². The van der Waals surface area contributed by atoms with Gasteiger partial charge < -0.3 is 4.90 Å². The van der Waals surface area contributed by atoms with Crippen LogP contribution in [0.1, 0.15) is 23.0 Å². The molecule has 1 amide bonds. The van der Waals surface area contributed by atoms with Crippen molar-refractivity contribution in [3.05, 3.63) is 52.7 Å². The first kappa shape index (κ1) is 17.5. The first-order valence-electron chi connectivity index (χ1n) is 8.49. The van der Waals surface area contributed by atoms with Crippen LogP contribution in [0.3, 0.4) is 0 Å². The first-order valence-corrected chi connectivity index (χ1v) is 10.4. The standard InChI is InChI=1S/C19H24N2OS2/c1-16(9-15-23-17-6-3-2-4-7-17)20-10-12-21(13-11-20)19(22)18-8-5-14-24-18/h2-8,14,16H,9-13,15H2,1H3/t16-/m0/s1. The fourth-order valence-corrected chi connectivity index (χ4v) is 4.70. The molecule has 0 N–H and O–H groups in total. The van der Waals surface area contributed by atoms with Crippen molar-refractivity contribution in [2.45, 2.75) is 24.3 Å². The van der Waals surface area contributed by atoms with Crippen molar-refractivity contribution in [2.24, 2.45) is 0 Å². The molecule has 0 bridgehead atoms. The number of hydrogen-bond acceptors (Lipinski definition) is 4. The lowest BCUT2D eigenvalue weighted by Gasteiger charge is -2.38. The van der Waals surface area contributed by atoms with Crippen LogP contribution in [0.15, 0.2) is 52.7 Å². The van der Waals surface area contributed by atoms with Crippen molar-refractivity contribution in [2.75, 3.05) is 31.9 Å². The number of hydrogen-bond donors (Lipinski definition) is 0. The molecule has 3 rings (SSSR count). The number of thioether (sulfide) groups is 1. The van der Waals surface area contributed by atoms with Crippen LogP contribution in [0.2, 0.25) is 0 Å². The third-order valence-electron chi connectivity index (χ3n) is 4.50. The third-order valence-corrected chi connectivity index (χ3v) is 6.41.